The number of ether oxygens (including phenoxy) is 1. The van der Waals surface area contributed by atoms with Gasteiger partial charge in [-0.25, -0.2) is 4.98 Å². The second-order valence-corrected chi connectivity index (χ2v) is 25.6. The standard InChI is InChI=1S/C65H76N4O/c1-60(2,3)43-24-21-25-47(32-43)67-41-68(58-40-54(64(13,14)15)53(39-57(58)67)63(10,11)12)48-33-46(62(7,8)9)34-50(37-48)70-49-27-28-51-52-35-45(65(16,17)42-22-19-18-20-23-42)26-29-55(52)69(56(51)38-49)59-36-44(30-31-66-59)61(4,5)6/h18-40H,41H2,1-17H3. The Morgan fingerprint density at radius 1 is 0.400 bits per heavy atom. The van der Waals surface area contributed by atoms with Crippen LogP contribution in [0.4, 0.5) is 22.7 Å². The molecule has 0 spiro atoms. The topological polar surface area (TPSA) is 33.5 Å². The van der Waals surface area contributed by atoms with Crippen molar-refractivity contribution in [1.29, 1.82) is 0 Å². The van der Waals surface area contributed by atoms with Gasteiger partial charge in [0.25, 0.3) is 0 Å². The largest absolute Gasteiger partial charge is 0.457 e. The highest BCUT2D eigenvalue weighted by Crippen LogP contribution is 2.51. The van der Waals surface area contributed by atoms with Crippen molar-refractivity contribution in [3.05, 3.63) is 179 Å². The molecule has 5 heteroatoms. The predicted octanol–water partition coefficient (Wildman–Crippen LogP) is 18.0. The van der Waals surface area contributed by atoms with Crippen LogP contribution < -0.4 is 14.5 Å². The fourth-order valence-corrected chi connectivity index (χ4v) is 10.2. The molecule has 0 radical (unpaired) electrons. The van der Waals surface area contributed by atoms with Gasteiger partial charge >= 0.3 is 0 Å². The maximum Gasteiger partial charge on any atom is 0.137 e. The maximum atomic E-state index is 7.14. The first-order valence-corrected chi connectivity index (χ1v) is 25.4. The smallest absolute Gasteiger partial charge is 0.137 e. The van der Waals surface area contributed by atoms with Crippen molar-refractivity contribution < 1.29 is 4.74 Å². The van der Waals surface area contributed by atoms with Crippen LogP contribution in [0.15, 0.2) is 140 Å². The van der Waals surface area contributed by atoms with E-state index in [-0.39, 0.29) is 32.5 Å². The van der Waals surface area contributed by atoms with Gasteiger partial charge in [0.15, 0.2) is 0 Å². The number of rotatable bonds is 7. The van der Waals surface area contributed by atoms with Gasteiger partial charge in [-0.2, -0.15) is 0 Å². The zero-order chi connectivity index (χ0) is 50.5. The van der Waals surface area contributed by atoms with Crippen LogP contribution in [0.5, 0.6) is 11.5 Å². The molecular weight excluding hydrogens is 853 g/mol. The van der Waals surface area contributed by atoms with Crippen molar-refractivity contribution in [3.8, 4) is 17.3 Å². The fourth-order valence-electron chi connectivity index (χ4n) is 10.2. The van der Waals surface area contributed by atoms with E-state index in [1.165, 1.54) is 61.4 Å². The average molecular weight is 929 g/mol. The van der Waals surface area contributed by atoms with Crippen LogP contribution in [-0.2, 0) is 32.5 Å². The average Bonchev–Trinajstić information content (AvgIpc) is 3.83. The van der Waals surface area contributed by atoms with Gasteiger partial charge in [0.05, 0.1) is 22.4 Å². The number of hydrogen-bond acceptors (Lipinski definition) is 4. The molecular formula is C65H76N4O. The summed E-state index contributed by atoms with van der Waals surface area (Å²) in [6, 6.07) is 49.7. The van der Waals surface area contributed by atoms with Gasteiger partial charge in [-0.3, -0.25) is 4.57 Å². The van der Waals surface area contributed by atoms with Crippen molar-refractivity contribution in [1.82, 2.24) is 9.55 Å². The van der Waals surface area contributed by atoms with Crippen molar-refractivity contribution in [2.75, 3.05) is 16.5 Å². The molecule has 8 aromatic rings. The van der Waals surface area contributed by atoms with Crippen LogP contribution >= 0.6 is 0 Å². The van der Waals surface area contributed by atoms with Gasteiger partial charge in [0, 0.05) is 45.9 Å². The van der Waals surface area contributed by atoms with Crippen LogP contribution in [-0.4, -0.2) is 16.2 Å². The minimum absolute atomic E-state index is 0.0186. The molecule has 0 N–H and O–H groups in total. The third-order valence-corrected chi connectivity index (χ3v) is 14.7. The molecule has 0 atom stereocenters. The molecule has 5 nitrogen and oxygen atoms in total. The van der Waals surface area contributed by atoms with Gasteiger partial charge in [-0.1, -0.05) is 166 Å². The summed E-state index contributed by atoms with van der Waals surface area (Å²) < 4.78 is 9.47. The first kappa shape index (κ1) is 48.7. The van der Waals surface area contributed by atoms with E-state index in [0.29, 0.717) is 6.67 Å². The molecule has 0 bridgehead atoms. The quantitative estimate of drug-likeness (QED) is 0.159. The lowest BCUT2D eigenvalue weighted by Gasteiger charge is -2.32. The monoisotopic (exact) mass is 929 g/mol. The van der Waals surface area contributed by atoms with Crippen LogP contribution in [0.1, 0.15) is 157 Å². The van der Waals surface area contributed by atoms with E-state index in [1.807, 2.05) is 6.20 Å². The molecule has 0 fully saturated rings. The van der Waals surface area contributed by atoms with E-state index >= 15 is 0 Å². The Bertz CT molecular complexity index is 3260. The van der Waals surface area contributed by atoms with Crippen molar-refractivity contribution in [3.63, 3.8) is 0 Å². The third-order valence-electron chi connectivity index (χ3n) is 14.7. The number of nitrogens with zero attached hydrogens (tertiary/aromatic N) is 4. The Morgan fingerprint density at radius 2 is 0.986 bits per heavy atom. The molecule has 0 unspecified atom stereocenters. The van der Waals surface area contributed by atoms with Crippen LogP contribution in [0.3, 0.4) is 0 Å². The predicted molar refractivity (Wildman–Crippen MR) is 299 cm³/mol. The minimum atomic E-state index is -0.195. The summed E-state index contributed by atoms with van der Waals surface area (Å²) in [4.78, 5) is 10.1. The highest BCUT2D eigenvalue weighted by molar-refractivity contribution is 6.10. The zero-order valence-electron chi connectivity index (χ0n) is 45.2. The fraction of sp³-hybridized carbons (Fsp3) is 0.369. The highest BCUT2D eigenvalue weighted by atomic mass is 16.5. The van der Waals surface area contributed by atoms with Crippen molar-refractivity contribution >= 4 is 44.6 Å². The molecule has 362 valence electrons. The van der Waals surface area contributed by atoms with Crippen LogP contribution in [0.2, 0.25) is 0 Å². The maximum absolute atomic E-state index is 7.14. The first-order chi connectivity index (χ1) is 32.6. The number of benzene rings is 6. The summed E-state index contributed by atoms with van der Waals surface area (Å²) in [5.41, 5.74) is 15.5. The number of fused-ring (bicyclic) bond motifs is 4. The van der Waals surface area contributed by atoms with Gasteiger partial charge in [-0.15, -0.1) is 0 Å². The Kier molecular flexibility index (Phi) is 11.8. The summed E-state index contributed by atoms with van der Waals surface area (Å²) in [7, 11) is 0. The lowest BCUT2D eigenvalue weighted by atomic mass is 9.74. The second-order valence-electron chi connectivity index (χ2n) is 25.6. The molecule has 2 aromatic heterocycles. The molecule has 0 saturated heterocycles. The van der Waals surface area contributed by atoms with E-state index in [1.54, 1.807) is 0 Å². The van der Waals surface area contributed by atoms with Crippen molar-refractivity contribution in [2.45, 2.75) is 150 Å². The Balaban J connectivity index is 1.20. The molecule has 3 heterocycles. The molecule has 6 aromatic carbocycles. The minimum Gasteiger partial charge on any atom is -0.457 e. The lowest BCUT2D eigenvalue weighted by Crippen LogP contribution is -2.25. The van der Waals surface area contributed by atoms with E-state index in [2.05, 4.69) is 266 Å². The summed E-state index contributed by atoms with van der Waals surface area (Å²) in [6.45, 7) is 39.9. The molecule has 0 aliphatic carbocycles. The Morgan fingerprint density at radius 3 is 1.60 bits per heavy atom. The van der Waals surface area contributed by atoms with Gasteiger partial charge < -0.3 is 14.5 Å². The number of hydrogen-bond donors (Lipinski definition) is 0. The first-order valence-electron chi connectivity index (χ1n) is 25.4. The van der Waals surface area contributed by atoms with E-state index in [9.17, 15) is 0 Å². The Labute approximate surface area is 419 Å². The van der Waals surface area contributed by atoms with Gasteiger partial charge in [0.1, 0.15) is 24.0 Å². The van der Waals surface area contributed by atoms with Gasteiger partial charge in [0.2, 0.25) is 0 Å². The molecule has 0 saturated carbocycles. The molecule has 70 heavy (non-hydrogen) atoms. The van der Waals surface area contributed by atoms with E-state index < -0.39 is 0 Å². The number of anilines is 4. The molecule has 1 aliphatic rings. The normalized spacial score (nSPS) is 14.0. The molecule has 9 rings (SSSR count). The summed E-state index contributed by atoms with van der Waals surface area (Å²) in [6.07, 6.45) is 1.95. The van der Waals surface area contributed by atoms with E-state index in [0.717, 1.165) is 39.4 Å². The molecule has 0 amide bonds. The van der Waals surface area contributed by atoms with Crippen LogP contribution in [0, 0.1) is 0 Å². The summed E-state index contributed by atoms with van der Waals surface area (Å²) in [5, 5.41) is 2.35. The van der Waals surface area contributed by atoms with Crippen LogP contribution in [0.25, 0.3) is 27.6 Å². The van der Waals surface area contributed by atoms with Gasteiger partial charge in [-0.05, 0) is 139 Å². The summed E-state index contributed by atoms with van der Waals surface area (Å²) >= 11 is 0. The SMILES string of the molecule is CC(C)(C)c1cccc(N2CN(c3cc(Oc4ccc5c6cc(C(C)(C)c7ccccc7)ccc6n(-c6cc(C(C)(C)C)ccn6)c5c4)cc(C(C)(C)C)c3)c3cc(C(C)(C)C)c(C(C)(C)C)cc32)c1. The number of pyridine rings is 1. The molecule has 1 aliphatic heterocycles. The third kappa shape index (κ3) is 9.13. The lowest BCUT2D eigenvalue weighted by molar-refractivity contribution is 0.479. The highest BCUT2D eigenvalue weighted by Gasteiger charge is 2.36. The zero-order valence-corrected chi connectivity index (χ0v) is 45.2. The van der Waals surface area contributed by atoms with E-state index in [4.69, 9.17) is 9.72 Å². The number of aromatic nitrogens is 2. The Hall–Kier alpha value is -6.33. The summed E-state index contributed by atoms with van der Waals surface area (Å²) in [5.74, 6) is 2.48. The second kappa shape index (κ2) is 16.9. The van der Waals surface area contributed by atoms with Crippen molar-refractivity contribution in [2.24, 2.45) is 0 Å².